The molecule has 2 unspecified atom stereocenters. The van der Waals surface area contributed by atoms with E-state index in [1.807, 2.05) is 0 Å². The lowest BCUT2D eigenvalue weighted by Crippen LogP contribution is -2.44. The van der Waals surface area contributed by atoms with Crippen LogP contribution in [0.15, 0.2) is 28.7 Å². The Labute approximate surface area is 155 Å². The van der Waals surface area contributed by atoms with Gasteiger partial charge in [0, 0.05) is 10.0 Å². The summed E-state index contributed by atoms with van der Waals surface area (Å²) < 4.78 is 10.8. The number of benzene rings is 1. The molecule has 1 aromatic carbocycles. The molecule has 2 fully saturated rings. The summed E-state index contributed by atoms with van der Waals surface area (Å²) in [5.74, 6) is -1.70. The van der Waals surface area contributed by atoms with E-state index in [-0.39, 0.29) is 5.56 Å². The highest BCUT2D eigenvalue weighted by molar-refractivity contribution is 9.10. The first-order valence-electron chi connectivity index (χ1n) is 8.18. The Bertz CT molecular complexity index is 676. The lowest BCUT2D eigenvalue weighted by Gasteiger charge is -2.24. The number of nitrogens with zero attached hydrogens (tertiary/aromatic N) is 1. The molecular weight excluding hydrogens is 389 g/mol. The minimum atomic E-state index is -1.58. The Balaban J connectivity index is 1.74. The van der Waals surface area contributed by atoms with Crippen molar-refractivity contribution in [2.45, 2.75) is 37.2 Å². The molecule has 0 saturated carbocycles. The van der Waals surface area contributed by atoms with Crippen LogP contribution in [-0.2, 0) is 19.1 Å². The largest absolute Gasteiger partial charge is 0.466 e. The number of esters is 2. The number of methoxy groups -OCH3 is 1. The Kier molecular flexibility index (Phi) is 5.59. The summed E-state index contributed by atoms with van der Waals surface area (Å²) in [5.41, 5.74) is 0.283. The van der Waals surface area contributed by atoms with E-state index in [9.17, 15) is 14.4 Å². The van der Waals surface area contributed by atoms with Crippen molar-refractivity contribution < 1.29 is 23.9 Å². The Morgan fingerprint density at radius 2 is 1.96 bits per heavy atom. The number of ketones is 1. The number of halogens is 1. The van der Waals surface area contributed by atoms with Gasteiger partial charge in [-0.2, -0.15) is 0 Å². The third kappa shape index (κ3) is 4.12. The Morgan fingerprint density at radius 1 is 1.28 bits per heavy atom. The SMILES string of the molecule is COC(=O)C(OC(=O)[C@@H]1CCCN1C1[B]C1)C(=O)c1ccc(Br)cc1. The molecule has 0 bridgehead atoms. The van der Waals surface area contributed by atoms with Gasteiger partial charge in [0.25, 0.3) is 6.10 Å². The van der Waals surface area contributed by atoms with Crippen molar-refractivity contribution in [3.63, 3.8) is 0 Å². The zero-order valence-electron chi connectivity index (χ0n) is 13.8. The van der Waals surface area contributed by atoms with E-state index < -0.39 is 29.9 Å². The molecule has 6 nitrogen and oxygen atoms in total. The van der Waals surface area contributed by atoms with Crippen molar-refractivity contribution in [1.29, 1.82) is 0 Å². The van der Waals surface area contributed by atoms with Crippen LogP contribution in [-0.4, -0.2) is 61.6 Å². The summed E-state index contributed by atoms with van der Waals surface area (Å²) in [7, 11) is 3.29. The molecule has 25 heavy (non-hydrogen) atoms. The van der Waals surface area contributed by atoms with Crippen molar-refractivity contribution in [2.24, 2.45) is 0 Å². The molecule has 0 aromatic heterocycles. The zero-order valence-corrected chi connectivity index (χ0v) is 15.4. The van der Waals surface area contributed by atoms with Crippen LogP contribution < -0.4 is 0 Å². The number of Topliss-reactive ketones (excluding diaryl/α,β-unsaturated/α-hetero) is 1. The Hall–Kier alpha value is -1.67. The molecule has 3 rings (SSSR count). The van der Waals surface area contributed by atoms with Crippen LogP contribution in [0, 0.1) is 0 Å². The first-order chi connectivity index (χ1) is 12.0. The highest BCUT2D eigenvalue weighted by atomic mass is 79.9. The van der Waals surface area contributed by atoms with E-state index in [0.717, 1.165) is 23.8 Å². The van der Waals surface area contributed by atoms with E-state index in [4.69, 9.17) is 4.74 Å². The molecule has 2 aliphatic rings. The van der Waals surface area contributed by atoms with Gasteiger partial charge in [-0.05, 0) is 37.5 Å². The topological polar surface area (TPSA) is 72.9 Å². The number of likely N-dealkylation sites (tertiary alicyclic amines) is 1. The van der Waals surface area contributed by atoms with Crippen LogP contribution >= 0.6 is 15.9 Å². The monoisotopic (exact) mass is 406 g/mol. The number of carbonyl (C=O) groups is 3. The van der Waals surface area contributed by atoms with Crippen molar-refractivity contribution in [1.82, 2.24) is 4.90 Å². The third-order valence-corrected chi connectivity index (χ3v) is 4.98. The number of rotatable bonds is 6. The predicted octanol–water partition coefficient (Wildman–Crippen LogP) is 1.64. The van der Waals surface area contributed by atoms with Gasteiger partial charge in [0.2, 0.25) is 5.78 Å². The molecular formula is C17H18BBrNO5. The van der Waals surface area contributed by atoms with Gasteiger partial charge in [-0.25, -0.2) is 4.79 Å². The summed E-state index contributed by atoms with van der Waals surface area (Å²) in [5, 5.41) is 0. The first-order valence-corrected chi connectivity index (χ1v) is 8.97. The maximum Gasteiger partial charge on any atom is 0.355 e. The highest BCUT2D eigenvalue weighted by Crippen LogP contribution is 2.29. The Morgan fingerprint density at radius 3 is 2.56 bits per heavy atom. The second-order valence-electron chi connectivity index (χ2n) is 6.15. The van der Waals surface area contributed by atoms with Gasteiger partial charge < -0.3 is 9.47 Å². The fourth-order valence-electron chi connectivity index (χ4n) is 3.05. The van der Waals surface area contributed by atoms with Crippen LogP contribution in [0.4, 0.5) is 0 Å². The van der Waals surface area contributed by atoms with Crippen LogP contribution in [0.25, 0.3) is 0 Å². The molecule has 0 spiro atoms. The van der Waals surface area contributed by atoms with Gasteiger partial charge in [-0.15, -0.1) is 0 Å². The summed E-state index contributed by atoms with van der Waals surface area (Å²) in [6, 6.07) is 6.10. The van der Waals surface area contributed by atoms with Crippen LogP contribution in [0.3, 0.4) is 0 Å². The normalized spacial score (nSPS) is 23.4. The van der Waals surface area contributed by atoms with Gasteiger partial charge in [-0.3, -0.25) is 14.5 Å². The molecule has 131 valence electrons. The fourth-order valence-corrected chi connectivity index (χ4v) is 3.31. The van der Waals surface area contributed by atoms with Gasteiger partial charge in [0.15, 0.2) is 0 Å². The van der Waals surface area contributed by atoms with Crippen LogP contribution in [0.2, 0.25) is 6.32 Å². The maximum absolute atomic E-state index is 12.6. The summed E-state index contributed by atoms with van der Waals surface area (Å²) in [4.78, 5) is 39.3. The second kappa shape index (κ2) is 7.70. The first kappa shape index (κ1) is 18.1. The zero-order chi connectivity index (χ0) is 18.0. The molecule has 2 aliphatic heterocycles. The van der Waals surface area contributed by atoms with Gasteiger partial charge in [0.05, 0.1) is 7.11 Å². The molecule has 2 saturated heterocycles. The number of hydrogen-bond donors (Lipinski definition) is 0. The quantitative estimate of drug-likeness (QED) is 0.309. The standard InChI is InChI=1S/C17H18BBrNO5/c1-24-17(23)15(14(21)10-4-6-11(19)7-5-10)25-16(22)12-3-2-8-20(12)13-9-18-13/h4-7,12-13,15H,2-3,8-9H2,1H3/t12-,13?,15?/m0/s1. The molecule has 3 atom stereocenters. The van der Waals surface area contributed by atoms with Crippen LogP contribution in [0.1, 0.15) is 23.2 Å². The predicted molar refractivity (Wildman–Crippen MR) is 94.4 cm³/mol. The third-order valence-electron chi connectivity index (χ3n) is 4.45. The lowest BCUT2D eigenvalue weighted by molar-refractivity contribution is -0.165. The minimum Gasteiger partial charge on any atom is -0.466 e. The molecule has 8 heteroatoms. The van der Waals surface area contributed by atoms with E-state index in [1.165, 1.54) is 7.11 Å². The van der Waals surface area contributed by atoms with E-state index >= 15 is 0 Å². The molecule has 1 aromatic rings. The van der Waals surface area contributed by atoms with Gasteiger partial charge in [-0.1, -0.05) is 34.4 Å². The summed E-state index contributed by atoms with van der Waals surface area (Å²) in [6.07, 6.45) is 0.948. The van der Waals surface area contributed by atoms with Gasteiger partial charge in [0.1, 0.15) is 13.3 Å². The molecule has 0 amide bonds. The number of ether oxygens (including phenoxy) is 2. The average molecular weight is 407 g/mol. The molecule has 0 aliphatic carbocycles. The van der Waals surface area contributed by atoms with Crippen molar-refractivity contribution >= 4 is 40.9 Å². The lowest BCUT2D eigenvalue weighted by atomic mass is 10.1. The molecule has 1 radical (unpaired) electrons. The maximum atomic E-state index is 12.6. The smallest absolute Gasteiger partial charge is 0.355 e. The van der Waals surface area contributed by atoms with Gasteiger partial charge >= 0.3 is 11.9 Å². The van der Waals surface area contributed by atoms with E-state index in [1.54, 1.807) is 24.3 Å². The fraction of sp³-hybridized carbons (Fsp3) is 0.471. The van der Waals surface area contributed by atoms with E-state index in [0.29, 0.717) is 12.4 Å². The van der Waals surface area contributed by atoms with Crippen molar-refractivity contribution in [2.75, 3.05) is 13.7 Å². The summed E-state index contributed by atoms with van der Waals surface area (Å²) in [6.45, 7) is 0.824. The average Bonchev–Trinajstić information content (AvgIpc) is 3.35. The minimum absolute atomic E-state index is 0.283. The number of carbonyl (C=O) groups excluding carboxylic acids is 3. The van der Waals surface area contributed by atoms with Crippen molar-refractivity contribution in [3.05, 3.63) is 34.3 Å². The highest BCUT2D eigenvalue weighted by Gasteiger charge is 2.43. The van der Waals surface area contributed by atoms with Crippen LogP contribution in [0.5, 0.6) is 0 Å². The van der Waals surface area contributed by atoms with E-state index in [2.05, 4.69) is 32.8 Å². The molecule has 0 N–H and O–H groups in total. The molecule has 2 heterocycles. The summed E-state index contributed by atoms with van der Waals surface area (Å²) >= 11 is 3.29. The number of hydrogen-bond acceptors (Lipinski definition) is 6. The second-order valence-corrected chi connectivity index (χ2v) is 7.06. The van der Waals surface area contributed by atoms with Crippen molar-refractivity contribution in [3.8, 4) is 0 Å².